The lowest BCUT2D eigenvalue weighted by Gasteiger charge is -2.13. The topological polar surface area (TPSA) is 66.9 Å². The molecule has 0 saturated heterocycles. The van der Waals surface area contributed by atoms with Gasteiger partial charge in [-0.25, -0.2) is 9.97 Å². The Kier molecular flexibility index (Phi) is 5.73. The first-order chi connectivity index (χ1) is 13.3. The summed E-state index contributed by atoms with van der Waals surface area (Å²) in [6.07, 6.45) is 3.07. The molecule has 144 valence electrons. The monoisotopic (exact) mass is 374 g/mol. The van der Waals surface area contributed by atoms with Gasteiger partial charge in [0.05, 0.1) is 5.56 Å². The Bertz CT molecular complexity index is 953. The predicted molar refractivity (Wildman–Crippen MR) is 114 cm³/mol. The summed E-state index contributed by atoms with van der Waals surface area (Å²) in [4.78, 5) is 21.1. The van der Waals surface area contributed by atoms with Gasteiger partial charge >= 0.3 is 0 Å². The minimum Gasteiger partial charge on any atom is -0.324 e. The molecule has 0 spiro atoms. The predicted octanol–water partition coefficient (Wildman–Crippen LogP) is 5.52. The van der Waals surface area contributed by atoms with Crippen LogP contribution in [0.1, 0.15) is 52.4 Å². The molecule has 5 heteroatoms. The first-order valence-corrected chi connectivity index (χ1v) is 9.41. The van der Waals surface area contributed by atoms with Crippen molar-refractivity contribution in [2.75, 3.05) is 10.6 Å². The molecular formula is C23H26N4O. The minimum atomic E-state index is -0.220. The fraction of sp³-hybridized carbons (Fsp3) is 0.261. The van der Waals surface area contributed by atoms with Gasteiger partial charge in [-0.05, 0) is 55.5 Å². The maximum Gasteiger partial charge on any atom is 0.258 e. The second kappa shape index (κ2) is 8.21. The molecule has 2 N–H and O–H groups in total. The Morgan fingerprint density at radius 1 is 0.929 bits per heavy atom. The number of nitrogens with one attached hydrogen (secondary N) is 2. The van der Waals surface area contributed by atoms with E-state index in [1.807, 2.05) is 32.9 Å². The highest BCUT2D eigenvalue weighted by Crippen LogP contribution is 2.23. The highest BCUT2D eigenvalue weighted by Gasteiger charge is 2.11. The second-order valence-corrected chi connectivity index (χ2v) is 7.42. The van der Waals surface area contributed by atoms with Gasteiger partial charge in [0.2, 0.25) is 5.95 Å². The van der Waals surface area contributed by atoms with Gasteiger partial charge < -0.3 is 10.6 Å². The largest absolute Gasteiger partial charge is 0.324 e. The molecule has 28 heavy (non-hydrogen) atoms. The second-order valence-electron chi connectivity index (χ2n) is 7.42. The molecule has 0 unspecified atom stereocenters. The Morgan fingerprint density at radius 3 is 2.04 bits per heavy atom. The number of anilines is 3. The van der Waals surface area contributed by atoms with Crippen LogP contribution in [0.3, 0.4) is 0 Å². The van der Waals surface area contributed by atoms with Crippen molar-refractivity contribution >= 4 is 23.2 Å². The molecule has 0 aliphatic heterocycles. The normalized spacial score (nSPS) is 10.8. The van der Waals surface area contributed by atoms with E-state index in [0.717, 1.165) is 22.5 Å². The van der Waals surface area contributed by atoms with Gasteiger partial charge in [0.25, 0.3) is 5.91 Å². The van der Waals surface area contributed by atoms with E-state index in [0.29, 0.717) is 17.4 Å². The molecule has 3 aromatic rings. The van der Waals surface area contributed by atoms with Crippen LogP contribution in [-0.2, 0) is 0 Å². The van der Waals surface area contributed by atoms with Gasteiger partial charge in [0.15, 0.2) is 0 Å². The van der Waals surface area contributed by atoms with Gasteiger partial charge in [0, 0.05) is 23.8 Å². The number of nitrogens with zero attached hydrogens (tertiary/aromatic N) is 2. The van der Waals surface area contributed by atoms with E-state index in [9.17, 15) is 4.79 Å². The first kappa shape index (κ1) is 19.5. The molecule has 0 bridgehead atoms. The van der Waals surface area contributed by atoms with E-state index < -0.39 is 0 Å². The van der Waals surface area contributed by atoms with Crippen LogP contribution in [-0.4, -0.2) is 15.9 Å². The molecule has 0 atom stereocenters. The zero-order valence-corrected chi connectivity index (χ0v) is 17.0. The van der Waals surface area contributed by atoms with Crippen molar-refractivity contribution < 1.29 is 4.79 Å². The molecule has 1 aromatic heterocycles. The summed E-state index contributed by atoms with van der Waals surface area (Å²) in [7, 11) is 0. The van der Waals surface area contributed by atoms with Crippen LogP contribution in [0.4, 0.5) is 17.3 Å². The van der Waals surface area contributed by atoms with Gasteiger partial charge in [-0.15, -0.1) is 0 Å². The summed E-state index contributed by atoms with van der Waals surface area (Å²) in [6, 6.07) is 12.3. The standard InChI is InChI=1S/C23H26N4O/c1-14(2)18-6-8-20(9-7-18)26-23-24-12-19(13-25-23)22(28)27-21-16(4)10-15(3)11-17(21)5/h6-14H,1-5H3,(H,27,28)(H,24,25,26). The number of rotatable bonds is 5. The van der Waals surface area contributed by atoms with Crippen molar-refractivity contribution in [2.24, 2.45) is 0 Å². The fourth-order valence-electron chi connectivity index (χ4n) is 3.15. The number of hydrogen-bond donors (Lipinski definition) is 2. The lowest BCUT2D eigenvalue weighted by Crippen LogP contribution is -2.15. The van der Waals surface area contributed by atoms with E-state index in [1.54, 1.807) is 0 Å². The summed E-state index contributed by atoms with van der Waals surface area (Å²) in [5, 5.41) is 6.13. The number of carbonyl (C=O) groups is 1. The summed E-state index contributed by atoms with van der Waals surface area (Å²) in [6.45, 7) is 10.3. The average molecular weight is 374 g/mol. The molecule has 0 fully saturated rings. The van der Waals surface area contributed by atoms with Crippen LogP contribution in [0.5, 0.6) is 0 Å². The van der Waals surface area contributed by atoms with E-state index in [-0.39, 0.29) is 5.91 Å². The zero-order valence-electron chi connectivity index (χ0n) is 17.0. The third-order valence-corrected chi connectivity index (χ3v) is 4.66. The Balaban J connectivity index is 1.69. The van der Waals surface area contributed by atoms with Crippen molar-refractivity contribution in [2.45, 2.75) is 40.5 Å². The summed E-state index contributed by atoms with van der Waals surface area (Å²) >= 11 is 0. The van der Waals surface area contributed by atoms with Crippen molar-refractivity contribution in [3.05, 3.63) is 76.6 Å². The smallest absolute Gasteiger partial charge is 0.258 e. The van der Waals surface area contributed by atoms with Crippen LogP contribution in [0.15, 0.2) is 48.8 Å². The molecule has 2 aromatic carbocycles. The molecule has 1 heterocycles. The van der Waals surface area contributed by atoms with Crippen LogP contribution in [0.25, 0.3) is 0 Å². The number of benzene rings is 2. The van der Waals surface area contributed by atoms with Crippen LogP contribution in [0.2, 0.25) is 0 Å². The summed E-state index contributed by atoms with van der Waals surface area (Å²) in [5.41, 5.74) is 6.69. The van der Waals surface area contributed by atoms with Crippen LogP contribution < -0.4 is 10.6 Å². The lowest BCUT2D eigenvalue weighted by atomic mass is 10.0. The van der Waals surface area contributed by atoms with Crippen molar-refractivity contribution in [1.82, 2.24) is 9.97 Å². The van der Waals surface area contributed by atoms with Crippen LogP contribution >= 0.6 is 0 Å². The van der Waals surface area contributed by atoms with Crippen molar-refractivity contribution in [1.29, 1.82) is 0 Å². The molecule has 5 nitrogen and oxygen atoms in total. The van der Waals surface area contributed by atoms with E-state index in [1.165, 1.54) is 23.5 Å². The maximum absolute atomic E-state index is 12.6. The average Bonchev–Trinajstić information content (AvgIpc) is 2.65. The van der Waals surface area contributed by atoms with Crippen molar-refractivity contribution in [3.8, 4) is 0 Å². The van der Waals surface area contributed by atoms with Gasteiger partial charge in [0.1, 0.15) is 0 Å². The van der Waals surface area contributed by atoms with E-state index in [4.69, 9.17) is 0 Å². The van der Waals surface area contributed by atoms with E-state index >= 15 is 0 Å². The summed E-state index contributed by atoms with van der Waals surface area (Å²) < 4.78 is 0. The lowest BCUT2D eigenvalue weighted by molar-refractivity contribution is 0.102. The van der Waals surface area contributed by atoms with Crippen LogP contribution in [0, 0.1) is 20.8 Å². The van der Waals surface area contributed by atoms with E-state index in [2.05, 4.69) is 58.7 Å². The maximum atomic E-state index is 12.6. The SMILES string of the molecule is Cc1cc(C)c(NC(=O)c2cnc(Nc3ccc(C(C)C)cc3)nc2)c(C)c1. The molecule has 1 amide bonds. The van der Waals surface area contributed by atoms with Gasteiger partial charge in [-0.2, -0.15) is 0 Å². The number of carbonyl (C=O) groups excluding carboxylic acids is 1. The Morgan fingerprint density at radius 2 is 1.50 bits per heavy atom. The number of aryl methyl sites for hydroxylation is 3. The molecule has 3 rings (SSSR count). The van der Waals surface area contributed by atoms with Gasteiger partial charge in [-0.1, -0.05) is 43.7 Å². The number of amides is 1. The minimum absolute atomic E-state index is 0.220. The van der Waals surface area contributed by atoms with Crippen molar-refractivity contribution in [3.63, 3.8) is 0 Å². The number of hydrogen-bond acceptors (Lipinski definition) is 4. The Hall–Kier alpha value is -3.21. The molecule has 0 radical (unpaired) electrons. The quantitative estimate of drug-likeness (QED) is 0.617. The molecule has 0 aliphatic carbocycles. The first-order valence-electron chi connectivity index (χ1n) is 9.41. The molecule has 0 aliphatic rings. The Labute approximate surface area is 166 Å². The third-order valence-electron chi connectivity index (χ3n) is 4.66. The third kappa shape index (κ3) is 4.55. The number of aromatic nitrogens is 2. The summed E-state index contributed by atoms with van der Waals surface area (Å²) in [5.74, 6) is 0.725. The highest BCUT2D eigenvalue weighted by atomic mass is 16.1. The zero-order chi connectivity index (χ0) is 20.3. The van der Waals surface area contributed by atoms with Gasteiger partial charge in [-0.3, -0.25) is 4.79 Å². The molecular weight excluding hydrogens is 348 g/mol. The molecule has 0 saturated carbocycles. The fourth-order valence-corrected chi connectivity index (χ4v) is 3.15. The highest BCUT2D eigenvalue weighted by molar-refractivity contribution is 6.04.